The fourth-order valence-electron chi connectivity index (χ4n) is 3.96. The van der Waals surface area contributed by atoms with E-state index >= 15 is 0 Å². The third kappa shape index (κ3) is 5.22. The molecule has 0 saturated heterocycles. The van der Waals surface area contributed by atoms with Crippen LogP contribution in [0.1, 0.15) is 71.1 Å². The second-order valence-electron chi connectivity index (χ2n) is 7.13. The summed E-state index contributed by atoms with van der Waals surface area (Å²) in [5.41, 5.74) is 0. The van der Waals surface area contributed by atoms with Crippen molar-refractivity contribution < 1.29 is 8.42 Å². The SMILES string of the molecule is C[C@H]1CCC[C@@H](CCNS(=O)(=O)N(C)C2CCCCC2)C1. The Morgan fingerprint density at radius 2 is 1.76 bits per heavy atom. The van der Waals surface area contributed by atoms with Gasteiger partial charge in [-0.2, -0.15) is 12.7 Å². The fraction of sp³-hybridized carbons (Fsp3) is 1.00. The van der Waals surface area contributed by atoms with E-state index in [4.69, 9.17) is 0 Å². The van der Waals surface area contributed by atoms with Gasteiger partial charge < -0.3 is 0 Å². The van der Waals surface area contributed by atoms with Gasteiger partial charge in [0.15, 0.2) is 0 Å². The zero-order valence-corrected chi connectivity index (χ0v) is 14.5. The van der Waals surface area contributed by atoms with E-state index in [-0.39, 0.29) is 6.04 Å². The Bertz CT molecular complexity index is 405. The summed E-state index contributed by atoms with van der Waals surface area (Å²) in [6.07, 6.45) is 11.8. The van der Waals surface area contributed by atoms with Crippen molar-refractivity contribution >= 4 is 10.2 Å². The maximum absolute atomic E-state index is 12.4. The van der Waals surface area contributed by atoms with Crippen LogP contribution in [0.4, 0.5) is 0 Å². The molecule has 0 heterocycles. The Hall–Kier alpha value is -0.130. The molecule has 0 aromatic heterocycles. The molecule has 0 aliphatic heterocycles. The molecular formula is C16H32N2O2S. The second kappa shape index (κ2) is 7.93. The Kier molecular flexibility index (Phi) is 6.51. The summed E-state index contributed by atoms with van der Waals surface area (Å²) in [7, 11) is -1.55. The van der Waals surface area contributed by atoms with Crippen molar-refractivity contribution in [2.24, 2.45) is 11.8 Å². The normalized spacial score (nSPS) is 28.9. The molecule has 1 N–H and O–H groups in total. The molecule has 21 heavy (non-hydrogen) atoms. The third-order valence-electron chi connectivity index (χ3n) is 5.35. The molecule has 0 amide bonds. The molecule has 2 rings (SSSR count). The van der Waals surface area contributed by atoms with Crippen molar-refractivity contribution in [3.8, 4) is 0 Å². The number of nitrogens with one attached hydrogen (secondary N) is 1. The Balaban J connectivity index is 1.75. The molecule has 5 heteroatoms. The van der Waals surface area contributed by atoms with Crippen LogP contribution in [0.25, 0.3) is 0 Å². The third-order valence-corrected chi connectivity index (χ3v) is 6.98. The minimum atomic E-state index is -3.29. The van der Waals surface area contributed by atoms with Gasteiger partial charge in [-0.1, -0.05) is 45.4 Å². The molecule has 0 bridgehead atoms. The highest BCUT2D eigenvalue weighted by Gasteiger charge is 2.27. The summed E-state index contributed by atoms with van der Waals surface area (Å²) in [5.74, 6) is 1.52. The first-order chi connectivity index (χ1) is 9.99. The lowest BCUT2D eigenvalue weighted by Crippen LogP contribution is -2.45. The van der Waals surface area contributed by atoms with Crippen molar-refractivity contribution in [1.29, 1.82) is 0 Å². The molecule has 2 fully saturated rings. The highest BCUT2D eigenvalue weighted by atomic mass is 32.2. The molecular weight excluding hydrogens is 284 g/mol. The van der Waals surface area contributed by atoms with E-state index in [1.165, 1.54) is 32.1 Å². The van der Waals surface area contributed by atoms with Crippen LogP contribution < -0.4 is 4.72 Å². The standard InChI is InChI=1S/C16H32N2O2S/c1-14-7-6-8-15(13-14)11-12-17-21(19,20)18(2)16-9-4-3-5-10-16/h14-17H,3-13H2,1-2H3/t14-,15-/m0/s1. The lowest BCUT2D eigenvalue weighted by atomic mass is 9.81. The van der Waals surface area contributed by atoms with Gasteiger partial charge in [0, 0.05) is 19.6 Å². The van der Waals surface area contributed by atoms with Gasteiger partial charge in [-0.3, -0.25) is 0 Å². The summed E-state index contributed by atoms with van der Waals surface area (Å²) in [4.78, 5) is 0. The largest absolute Gasteiger partial charge is 0.279 e. The van der Waals surface area contributed by atoms with Crippen LogP contribution in [-0.2, 0) is 10.2 Å². The molecule has 4 nitrogen and oxygen atoms in total. The lowest BCUT2D eigenvalue weighted by molar-refractivity contribution is 0.266. The van der Waals surface area contributed by atoms with Crippen LogP contribution in [0.15, 0.2) is 0 Å². The molecule has 2 atom stereocenters. The predicted octanol–water partition coefficient (Wildman–Crippen LogP) is 3.30. The van der Waals surface area contributed by atoms with Crippen LogP contribution in [0.5, 0.6) is 0 Å². The first-order valence-corrected chi connectivity index (χ1v) is 10.2. The second-order valence-corrected chi connectivity index (χ2v) is 8.95. The molecule has 0 unspecified atom stereocenters. The first-order valence-electron chi connectivity index (χ1n) is 8.71. The molecule has 0 aromatic carbocycles. The molecule has 2 aliphatic rings. The quantitative estimate of drug-likeness (QED) is 0.817. The van der Waals surface area contributed by atoms with Gasteiger partial charge in [-0.25, -0.2) is 4.72 Å². The molecule has 0 aromatic rings. The topological polar surface area (TPSA) is 49.4 Å². The zero-order chi connectivity index (χ0) is 15.3. The average molecular weight is 317 g/mol. The van der Waals surface area contributed by atoms with Crippen LogP contribution in [-0.4, -0.2) is 32.4 Å². The van der Waals surface area contributed by atoms with Crippen molar-refractivity contribution in [2.45, 2.75) is 77.2 Å². The van der Waals surface area contributed by atoms with Gasteiger partial charge in [0.05, 0.1) is 0 Å². The van der Waals surface area contributed by atoms with Gasteiger partial charge in [-0.05, 0) is 37.5 Å². The van der Waals surface area contributed by atoms with E-state index in [9.17, 15) is 8.42 Å². The fourth-order valence-corrected chi connectivity index (χ4v) is 5.14. The van der Waals surface area contributed by atoms with E-state index in [1.54, 1.807) is 11.4 Å². The maximum Gasteiger partial charge on any atom is 0.279 e. The minimum Gasteiger partial charge on any atom is -0.202 e. The Morgan fingerprint density at radius 3 is 2.43 bits per heavy atom. The molecule has 2 saturated carbocycles. The molecule has 0 radical (unpaired) electrons. The van der Waals surface area contributed by atoms with Crippen molar-refractivity contribution in [2.75, 3.05) is 13.6 Å². The predicted molar refractivity (Wildman–Crippen MR) is 87.3 cm³/mol. The van der Waals surface area contributed by atoms with Crippen LogP contribution in [0.3, 0.4) is 0 Å². The summed E-state index contributed by atoms with van der Waals surface area (Å²) in [6.45, 7) is 2.91. The van der Waals surface area contributed by atoms with E-state index in [0.717, 1.165) is 38.0 Å². The molecule has 0 spiro atoms. The number of hydrogen-bond acceptors (Lipinski definition) is 2. The van der Waals surface area contributed by atoms with Crippen molar-refractivity contribution in [3.05, 3.63) is 0 Å². The molecule has 124 valence electrons. The van der Waals surface area contributed by atoms with Crippen LogP contribution in [0.2, 0.25) is 0 Å². The molecule has 2 aliphatic carbocycles. The van der Waals surface area contributed by atoms with Gasteiger partial charge in [0.2, 0.25) is 0 Å². The van der Waals surface area contributed by atoms with E-state index < -0.39 is 10.2 Å². The summed E-state index contributed by atoms with van der Waals surface area (Å²) in [6, 6.07) is 0.200. The average Bonchev–Trinajstić information content (AvgIpc) is 2.47. The van der Waals surface area contributed by atoms with Gasteiger partial charge in [-0.15, -0.1) is 0 Å². The Morgan fingerprint density at radius 1 is 1.05 bits per heavy atom. The number of rotatable bonds is 6. The maximum atomic E-state index is 12.4. The number of nitrogens with zero attached hydrogens (tertiary/aromatic N) is 1. The summed E-state index contributed by atoms with van der Waals surface area (Å²) in [5, 5.41) is 0. The van der Waals surface area contributed by atoms with E-state index in [1.807, 2.05) is 0 Å². The van der Waals surface area contributed by atoms with E-state index in [0.29, 0.717) is 12.5 Å². The van der Waals surface area contributed by atoms with Crippen LogP contribution in [0, 0.1) is 11.8 Å². The first kappa shape index (κ1) is 17.2. The lowest BCUT2D eigenvalue weighted by Gasteiger charge is -2.31. The highest BCUT2D eigenvalue weighted by Crippen LogP contribution is 2.30. The summed E-state index contributed by atoms with van der Waals surface area (Å²) < 4.78 is 29.1. The van der Waals surface area contributed by atoms with Crippen molar-refractivity contribution in [3.63, 3.8) is 0 Å². The minimum absolute atomic E-state index is 0.200. The highest BCUT2D eigenvalue weighted by molar-refractivity contribution is 7.87. The van der Waals surface area contributed by atoms with Gasteiger partial charge >= 0.3 is 0 Å². The Labute approximate surface area is 130 Å². The van der Waals surface area contributed by atoms with Crippen LogP contribution >= 0.6 is 0 Å². The smallest absolute Gasteiger partial charge is 0.202 e. The monoisotopic (exact) mass is 316 g/mol. The zero-order valence-electron chi connectivity index (χ0n) is 13.7. The van der Waals surface area contributed by atoms with Gasteiger partial charge in [0.1, 0.15) is 0 Å². The van der Waals surface area contributed by atoms with Crippen molar-refractivity contribution in [1.82, 2.24) is 9.03 Å². The van der Waals surface area contributed by atoms with E-state index in [2.05, 4.69) is 11.6 Å². The van der Waals surface area contributed by atoms with Gasteiger partial charge in [0.25, 0.3) is 10.2 Å². The number of hydrogen-bond donors (Lipinski definition) is 1. The summed E-state index contributed by atoms with van der Waals surface area (Å²) >= 11 is 0.